The number of phenolic OH excluding ortho intramolecular Hbond substituents is 2. The van der Waals surface area contributed by atoms with Crippen LogP contribution < -0.4 is 9.47 Å². The number of ether oxygens (including phenoxy) is 2. The molecule has 0 saturated heterocycles. The second-order valence-electron chi connectivity index (χ2n) is 10.7. The fourth-order valence-corrected chi connectivity index (χ4v) is 4.45. The molecule has 2 aromatic rings. The van der Waals surface area contributed by atoms with Crippen LogP contribution in [0.3, 0.4) is 0 Å². The van der Waals surface area contributed by atoms with Gasteiger partial charge in [0.2, 0.25) is 0 Å². The normalized spacial score (nSPS) is 11.5. The molecule has 0 saturated carbocycles. The summed E-state index contributed by atoms with van der Waals surface area (Å²) in [5.41, 5.74) is 2.02. The molecular weight excluding hydrogens is 516 g/mol. The van der Waals surface area contributed by atoms with Gasteiger partial charge in [0.15, 0.2) is 28.8 Å². The Morgan fingerprint density at radius 1 is 0.805 bits per heavy atom. The first-order valence-electron chi connectivity index (χ1n) is 15.2. The largest absolute Gasteiger partial charge is 0.504 e. The average Bonchev–Trinajstić information content (AvgIpc) is 2.96. The number of carbonyl (C=O) groups excluding carboxylic acids is 2. The standard InChI is InChI=1S/C18H28O3.C17H24O3/c1-4-5-6-7-14(2)12-16(19)10-8-15-9-11-17(20)18(13-15)21-3;1-3-4-5-6-7-8-15(18)11-9-14-10-12-16(19)17(13-14)20-2/h9,11,13-14,20H,4-8,10,12H2,1-3H3;7-8,10,12-13,19H,3-6,9,11H2,1-2H3/b;8-7+. The van der Waals surface area contributed by atoms with E-state index in [1.807, 2.05) is 18.2 Å². The molecule has 0 bridgehead atoms. The Kier molecular flexibility index (Phi) is 18.7. The van der Waals surface area contributed by atoms with Crippen molar-refractivity contribution in [1.82, 2.24) is 0 Å². The number of allylic oxidation sites excluding steroid dienone is 2. The minimum Gasteiger partial charge on any atom is -0.504 e. The van der Waals surface area contributed by atoms with Gasteiger partial charge < -0.3 is 19.7 Å². The number of Topliss-reactive ketones (excluding diaryl/α,β-unsaturated/α-hetero) is 1. The maximum absolute atomic E-state index is 12.0. The molecular formula is C35H52O6. The Bertz CT molecular complexity index is 1060. The van der Waals surface area contributed by atoms with Crippen molar-refractivity contribution >= 4 is 11.6 Å². The molecule has 0 aliphatic rings. The molecule has 0 fully saturated rings. The number of unbranched alkanes of at least 4 members (excludes halogenated alkanes) is 5. The molecule has 2 aromatic carbocycles. The number of aromatic hydroxyl groups is 2. The highest BCUT2D eigenvalue weighted by Crippen LogP contribution is 2.28. The predicted molar refractivity (Wildman–Crippen MR) is 167 cm³/mol. The number of phenols is 2. The zero-order chi connectivity index (χ0) is 30.5. The maximum Gasteiger partial charge on any atom is 0.160 e. The third-order valence-corrected chi connectivity index (χ3v) is 7.00. The zero-order valence-electron chi connectivity index (χ0n) is 25.9. The van der Waals surface area contributed by atoms with Crippen LogP contribution in [0.15, 0.2) is 48.6 Å². The van der Waals surface area contributed by atoms with E-state index >= 15 is 0 Å². The van der Waals surface area contributed by atoms with Crippen molar-refractivity contribution in [1.29, 1.82) is 0 Å². The third kappa shape index (κ3) is 15.9. The molecule has 0 spiro atoms. The zero-order valence-corrected chi connectivity index (χ0v) is 25.9. The van der Waals surface area contributed by atoms with Gasteiger partial charge >= 0.3 is 0 Å². The molecule has 1 atom stereocenters. The highest BCUT2D eigenvalue weighted by Gasteiger charge is 2.10. The van der Waals surface area contributed by atoms with Gasteiger partial charge in [-0.05, 0) is 73.1 Å². The molecule has 0 aliphatic carbocycles. The van der Waals surface area contributed by atoms with Gasteiger partial charge in [-0.2, -0.15) is 0 Å². The summed E-state index contributed by atoms with van der Waals surface area (Å²) in [5.74, 6) is 2.13. The molecule has 228 valence electrons. The molecule has 41 heavy (non-hydrogen) atoms. The monoisotopic (exact) mass is 568 g/mol. The number of rotatable bonds is 19. The summed E-state index contributed by atoms with van der Waals surface area (Å²) >= 11 is 0. The van der Waals surface area contributed by atoms with Crippen LogP contribution in [-0.4, -0.2) is 36.0 Å². The van der Waals surface area contributed by atoms with Crippen molar-refractivity contribution in [3.05, 3.63) is 59.7 Å². The van der Waals surface area contributed by atoms with Gasteiger partial charge in [-0.1, -0.05) is 77.5 Å². The minimum absolute atomic E-state index is 0.124. The van der Waals surface area contributed by atoms with Gasteiger partial charge in [0.05, 0.1) is 14.2 Å². The van der Waals surface area contributed by atoms with E-state index in [1.165, 1.54) is 46.3 Å². The summed E-state index contributed by atoms with van der Waals surface area (Å²) in [6.07, 6.45) is 16.1. The second kappa shape index (κ2) is 21.5. The molecule has 1 unspecified atom stereocenters. The summed E-state index contributed by atoms with van der Waals surface area (Å²) in [5, 5.41) is 19.0. The highest BCUT2D eigenvalue weighted by atomic mass is 16.5. The number of methoxy groups -OCH3 is 2. The Balaban J connectivity index is 0.000000410. The molecule has 0 radical (unpaired) electrons. The third-order valence-electron chi connectivity index (χ3n) is 7.00. The van der Waals surface area contributed by atoms with E-state index < -0.39 is 0 Å². The number of aryl methyl sites for hydroxylation is 2. The van der Waals surface area contributed by atoms with Gasteiger partial charge in [0.25, 0.3) is 0 Å². The Morgan fingerprint density at radius 2 is 1.34 bits per heavy atom. The molecule has 6 nitrogen and oxygen atoms in total. The topological polar surface area (TPSA) is 93.1 Å². The lowest BCUT2D eigenvalue weighted by Gasteiger charge is -2.10. The Hall–Kier alpha value is -3.28. The Morgan fingerprint density at radius 3 is 1.88 bits per heavy atom. The van der Waals surface area contributed by atoms with E-state index in [9.17, 15) is 19.8 Å². The van der Waals surface area contributed by atoms with Crippen LogP contribution in [0.2, 0.25) is 0 Å². The van der Waals surface area contributed by atoms with Crippen molar-refractivity contribution in [3.63, 3.8) is 0 Å². The Labute approximate surface area is 247 Å². The first kappa shape index (κ1) is 35.7. The van der Waals surface area contributed by atoms with E-state index in [4.69, 9.17) is 9.47 Å². The van der Waals surface area contributed by atoms with Crippen LogP contribution in [0, 0.1) is 5.92 Å². The number of carbonyl (C=O) groups is 2. The predicted octanol–water partition coefficient (Wildman–Crippen LogP) is 8.55. The SMILES string of the molecule is CCCCC/C=C/C(=O)CCc1ccc(O)c(OC)c1.CCCCCC(C)CC(=O)CCc1ccc(O)c(OC)c1. The highest BCUT2D eigenvalue weighted by molar-refractivity contribution is 5.89. The van der Waals surface area contributed by atoms with Gasteiger partial charge in [0.1, 0.15) is 5.78 Å². The maximum atomic E-state index is 12.0. The fraction of sp³-hybridized carbons (Fsp3) is 0.543. The lowest BCUT2D eigenvalue weighted by atomic mass is 9.95. The molecule has 0 heterocycles. The van der Waals surface area contributed by atoms with Crippen LogP contribution in [0.5, 0.6) is 23.0 Å². The van der Waals surface area contributed by atoms with Crippen LogP contribution in [-0.2, 0) is 22.4 Å². The van der Waals surface area contributed by atoms with Crippen LogP contribution in [0.4, 0.5) is 0 Å². The number of ketones is 2. The summed E-state index contributed by atoms with van der Waals surface area (Å²) in [7, 11) is 3.05. The van der Waals surface area contributed by atoms with Crippen LogP contribution in [0.25, 0.3) is 0 Å². The smallest absolute Gasteiger partial charge is 0.160 e. The number of hydrogen-bond acceptors (Lipinski definition) is 6. The first-order valence-corrected chi connectivity index (χ1v) is 15.2. The van der Waals surface area contributed by atoms with Crippen LogP contribution in [0.1, 0.15) is 103 Å². The van der Waals surface area contributed by atoms with E-state index in [2.05, 4.69) is 20.8 Å². The molecule has 0 aromatic heterocycles. The summed E-state index contributed by atoms with van der Waals surface area (Å²) in [6.45, 7) is 6.53. The van der Waals surface area contributed by atoms with Gasteiger partial charge in [0, 0.05) is 19.3 Å². The summed E-state index contributed by atoms with van der Waals surface area (Å²) in [4.78, 5) is 23.7. The van der Waals surface area contributed by atoms with Gasteiger partial charge in [-0.25, -0.2) is 0 Å². The number of hydrogen-bond donors (Lipinski definition) is 2. The lowest BCUT2D eigenvalue weighted by Crippen LogP contribution is -2.07. The van der Waals surface area contributed by atoms with Gasteiger partial charge in [-0.3, -0.25) is 9.59 Å². The minimum atomic E-state index is 0.124. The first-order chi connectivity index (χ1) is 19.7. The van der Waals surface area contributed by atoms with Gasteiger partial charge in [-0.15, -0.1) is 0 Å². The summed E-state index contributed by atoms with van der Waals surface area (Å²) < 4.78 is 10.1. The molecule has 0 aliphatic heterocycles. The second-order valence-corrected chi connectivity index (χ2v) is 10.7. The van der Waals surface area contributed by atoms with E-state index in [0.717, 1.165) is 30.4 Å². The molecule has 6 heteroatoms. The van der Waals surface area contributed by atoms with Crippen molar-refractivity contribution in [2.45, 2.75) is 104 Å². The molecule has 0 amide bonds. The van der Waals surface area contributed by atoms with Crippen molar-refractivity contribution in [2.75, 3.05) is 14.2 Å². The van der Waals surface area contributed by atoms with E-state index in [1.54, 1.807) is 30.3 Å². The average molecular weight is 569 g/mol. The number of benzene rings is 2. The molecule has 2 rings (SSSR count). The molecule has 2 N–H and O–H groups in total. The summed E-state index contributed by atoms with van der Waals surface area (Å²) in [6, 6.07) is 10.4. The van der Waals surface area contributed by atoms with Crippen molar-refractivity contribution < 1.29 is 29.3 Å². The quantitative estimate of drug-likeness (QED) is 0.130. The van der Waals surface area contributed by atoms with Crippen LogP contribution >= 0.6 is 0 Å². The van der Waals surface area contributed by atoms with E-state index in [-0.39, 0.29) is 17.3 Å². The fourth-order valence-electron chi connectivity index (χ4n) is 4.45. The lowest BCUT2D eigenvalue weighted by molar-refractivity contribution is -0.120. The van der Waals surface area contributed by atoms with E-state index in [0.29, 0.717) is 55.3 Å². The van der Waals surface area contributed by atoms with Crippen molar-refractivity contribution in [2.24, 2.45) is 5.92 Å². The van der Waals surface area contributed by atoms with Crippen molar-refractivity contribution in [3.8, 4) is 23.0 Å².